The van der Waals surface area contributed by atoms with Crippen molar-refractivity contribution in [3.8, 4) is 17.2 Å². The quantitative estimate of drug-likeness (QED) is 0.299. The number of aromatic hydroxyl groups is 1. The van der Waals surface area contributed by atoms with Gasteiger partial charge in [-0.1, -0.05) is 37.3 Å². The fourth-order valence-electron chi connectivity index (χ4n) is 4.02. The summed E-state index contributed by atoms with van der Waals surface area (Å²) in [6.07, 6.45) is 0.858. The maximum atomic E-state index is 13.3. The van der Waals surface area contributed by atoms with Gasteiger partial charge < -0.3 is 19.7 Å². The zero-order valence-corrected chi connectivity index (χ0v) is 18.9. The summed E-state index contributed by atoms with van der Waals surface area (Å²) in [6, 6.07) is 18.8. The van der Waals surface area contributed by atoms with E-state index in [4.69, 9.17) is 9.47 Å². The van der Waals surface area contributed by atoms with E-state index >= 15 is 0 Å². The van der Waals surface area contributed by atoms with Crippen LogP contribution in [0.5, 0.6) is 17.2 Å². The van der Waals surface area contributed by atoms with Crippen LogP contribution in [0.15, 0.2) is 78.4 Å². The summed E-state index contributed by atoms with van der Waals surface area (Å²) in [4.78, 5) is 27.7. The minimum absolute atomic E-state index is 0.0972. The SMILES string of the molecule is CCCOc1ccc(/C(O)=C2\C(=O)C(=O)N(c3ccccc3O)C2c2ccccc2OC)cc1. The molecule has 1 fully saturated rings. The third-order valence-electron chi connectivity index (χ3n) is 5.62. The van der Waals surface area contributed by atoms with Crippen LogP contribution in [0.1, 0.15) is 30.5 Å². The van der Waals surface area contributed by atoms with Crippen molar-refractivity contribution in [2.24, 2.45) is 0 Å². The summed E-state index contributed by atoms with van der Waals surface area (Å²) in [5.74, 6) is -1.14. The van der Waals surface area contributed by atoms with Crippen LogP contribution < -0.4 is 14.4 Å². The largest absolute Gasteiger partial charge is 0.507 e. The molecule has 0 radical (unpaired) electrons. The Morgan fingerprint density at radius 1 is 0.971 bits per heavy atom. The number of amides is 1. The minimum atomic E-state index is -1.01. The number of carbonyl (C=O) groups excluding carboxylic acids is 2. The summed E-state index contributed by atoms with van der Waals surface area (Å²) in [5, 5.41) is 21.7. The fourth-order valence-corrected chi connectivity index (χ4v) is 4.02. The Morgan fingerprint density at radius 3 is 2.32 bits per heavy atom. The van der Waals surface area contributed by atoms with Crippen molar-refractivity contribution in [2.75, 3.05) is 18.6 Å². The van der Waals surface area contributed by atoms with Crippen LogP contribution in [-0.4, -0.2) is 35.6 Å². The molecule has 1 amide bonds. The molecule has 3 aromatic rings. The molecule has 1 heterocycles. The number of benzene rings is 3. The van der Waals surface area contributed by atoms with Gasteiger partial charge in [0.1, 0.15) is 23.0 Å². The van der Waals surface area contributed by atoms with Gasteiger partial charge in [-0.05, 0) is 48.9 Å². The van der Waals surface area contributed by atoms with Crippen molar-refractivity contribution in [2.45, 2.75) is 19.4 Å². The molecule has 1 aliphatic heterocycles. The van der Waals surface area contributed by atoms with Gasteiger partial charge in [-0.2, -0.15) is 0 Å². The van der Waals surface area contributed by atoms with Crippen LogP contribution in [0.2, 0.25) is 0 Å². The Hall–Kier alpha value is -4.26. The molecule has 0 spiro atoms. The van der Waals surface area contributed by atoms with Gasteiger partial charge in [-0.3, -0.25) is 14.5 Å². The van der Waals surface area contributed by atoms with Gasteiger partial charge in [0, 0.05) is 11.1 Å². The monoisotopic (exact) mass is 459 g/mol. The first kappa shape index (κ1) is 22.9. The highest BCUT2D eigenvalue weighted by molar-refractivity contribution is 6.52. The molecule has 174 valence electrons. The number of Topliss-reactive ketones (excluding diaryl/α,β-unsaturated/α-hetero) is 1. The predicted molar refractivity (Wildman–Crippen MR) is 128 cm³/mol. The number of ether oxygens (including phenoxy) is 2. The number of methoxy groups -OCH3 is 1. The maximum Gasteiger partial charge on any atom is 0.300 e. The number of phenolic OH excluding ortho intramolecular Hbond substituents is 1. The number of anilines is 1. The highest BCUT2D eigenvalue weighted by Gasteiger charge is 2.48. The zero-order chi connectivity index (χ0) is 24.2. The van der Waals surface area contributed by atoms with E-state index in [1.54, 1.807) is 66.7 Å². The second-order valence-corrected chi connectivity index (χ2v) is 7.77. The maximum absolute atomic E-state index is 13.3. The summed E-state index contributed by atoms with van der Waals surface area (Å²) in [5.41, 5.74) is 0.916. The molecule has 34 heavy (non-hydrogen) atoms. The summed E-state index contributed by atoms with van der Waals surface area (Å²) in [6.45, 7) is 2.56. The fraction of sp³-hybridized carbons (Fsp3) is 0.185. The van der Waals surface area contributed by atoms with E-state index in [2.05, 4.69) is 0 Å². The van der Waals surface area contributed by atoms with E-state index in [0.717, 1.165) is 6.42 Å². The first-order valence-electron chi connectivity index (χ1n) is 10.9. The smallest absolute Gasteiger partial charge is 0.300 e. The molecule has 0 bridgehead atoms. The first-order valence-corrected chi connectivity index (χ1v) is 10.9. The Balaban J connectivity index is 1.90. The van der Waals surface area contributed by atoms with Gasteiger partial charge in [0.2, 0.25) is 0 Å². The molecule has 7 heteroatoms. The van der Waals surface area contributed by atoms with Crippen molar-refractivity contribution in [1.29, 1.82) is 0 Å². The van der Waals surface area contributed by atoms with E-state index in [1.807, 2.05) is 6.92 Å². The van der Waals surface area contributed by atoms with Gasteiger partial charge in [0.25, 0.3) is 11.7 Å². The third kappa shape index (κ3) is 4.08. The second-order valence-electron chi connectivity index (χ2n) is 7.77. The van der Waals surface area contributed by atoms with E-state index in [0.29, 0.717) is 29.2 Å². The van der Waals surface area contributed by atoms with Crippen molar-refractivity contribution in [3.05, 3.63) is 89.5 Å². The molecule has 1 saturated heterocycles. The zero-order valence-electron chi connectivity index (χ0n) is 18.9. The first-order chi connectivity index (χ1) is 16.5. The molecule has 3 aromatic carbocycles. The molecule has 0 aliphatic carbocycles. The van der Waals surface area contributed by atoms with Crippen LogP contribution in [0.4, 0.5) is 5.69 Å². The van der Waals surface area contributed by atoms with Gasteiger partial charge in [-0.25, -0.2) is 0 Å². The molecular weight excluding hydrogens is 434 g/mol. The predicted octanol–water partition coefficient (Wildman–Crippen LogP) is 4.82. The Bertz CT molecular complexity index is 1250. The lowest BCUT2D eigenvalue weighted by atomic mass is 9.94. The van der Waals surface area contributed by atoms with Crippen LogP contribution in [0.3, 0.4) is 0 Å². The van der Waals surface area contributed by atoms with Crippen molar-refractivity contribution in [3.63, 3.8) is 0 Å². The Morgan fingerprint density at radius 2 is 1.65 bits per heavy atom. The summed E-state index contributed by atoms with van der Waals surface area (Å²) in [7, 11) is 1.49. The van der Waals surface area contributed by atoms with Gasteiger partial charge in [0.05, 0.1) is 31.0 Å². The standard InChI is InChI=1S/C27H25NO6/c1-3-16-34-18-14-12-17(13-15-18)25(30)23-24(19-8-4-7-11-22(19)33-2)28(27(32)26(23)31)20-9-5-6-10-21(20)29/h4-15,24,29-30H,3,16H2,1-2H3/b25-23+. The van der Waals surface area contributed by atoms with Gasteiger partial charge in [-0.15, -0.1) is 0 Å². The average molecular weight is 459 g/mol. The number of hydrogen-bond donors (Lipinski definition) is 2. The number of para-hydroxylation sites is 3. The molecular formula is C27H25NO6. The lowest BCUT2D eigenvalue weighted by molar-refractivity contribution is -0.132. The third-order valence-corrected chi connectivity index (χ3v) is 5.62. The number of aliphatic hydroxyl groups excluding tert-OH is 1. The molecule has 0 saturated carbocycles. The number of hydrogen-bond acceptors (Lipinski definition) is 6. The topological polar surface area (TPSA) is 96.3 Å². The van der Waals surface area contributed by atoms with Gasteiger partial charge >= 0.3 is 0 Å². The van der Waals surface area contributed by atoms with Crippen molar-refractivity contribution < 1.29 is 29.3 Å². The molecule has 1 unspecified atom stereocenters. The normalized spacial score (nSPS) is 17.1. The van der Waals surface area contributed by atoms with Crippen LogP contribution in [-0.2, 0) is 9.59 Å². The van der Waals surface area contributed by atoms with E-state index in [-0.39, 0.29) is 22.8 Å². The lowest BCUT2D eigenvalue weighted by Crippen LogP contribution is -2.29. The highest BCUT2D eigenvalue weighted by atomic mass is 16.5. The molecule has 1 aliphatic rings. The summed E-state index contributed by atoms with van der Waals surface area (Å²) < 4.78 is 11.1. The van der Waals surface area contributed by atoms with Gasteiger partial charge in [0.15, 0.2) is 0 Å². The van der Waals surface area contributed by atoms with Crippen molar-refractivity contribution in [1.82, 2.24) is 0 Å². The average Bonchev–Trinajstić information content (AvgIpc) is 3.13. The van der Waals surface area contributed by atoms with E-state index in [9.17, 15) is 19.8 Å². The molecule has 7 nitrogen and oxygen atoms in total. The molecule has 2 N–H and O–H groups in total. The molecule has 0 aromatic heterocycles. The number of rotatable bonds is 7. The van der Waals surface area contributed by atoms with Crippen LogP contribution >= 0.6 is 0 Å². The number of carbonyl (C=O) groups is 2. The van der Waals surface area contributed by atoms with Crippen molar-refractivity contribution >= 4 is 23.1 Å². The molecule has 1 atom stereocenters. The number of aliphatic hydroxyl groups is 1. The minimum Gasteiger partial charge on any atom is -0.507 e. The van der Waals surface area contributed by atoms with E-state index in [1.165, 1.54) is 18.1 Å². The number of ketones is 1. The Labute approximate surface area is 197 Å². The molecule has 4 rings (SSSR count). The number of nitrogens with zero attached hydrogens (tertiary/aromatic N) is 1. The summed E-state index contributed by atoms with van der Waals surface area (Å²) >= 11 is 0. The Kier molecular flexibility index (Phi) is 6.54. The number of phenols is 1. The lowest BCUT2D eigenvalue weighted by Gasteiger charge is -2.27. The highest BCUT2D eigenvalue weighted by Crippen LogP contribution is 2.46. The second kappa shape index (κ2) is 9.70. The van der Waals surface area contributed by atoms with Crippen LogP contribution in [0.25, 0.3) is 5.76 Å². The van der Waals surface area contributed by atoms with E-state index < -0.39 is 17.7 Å². The van der Waals surface area contributed by atoms with Crippen LogP contribution in [0, 0.1) is 0 Å².